The summed E-state index contributed by atoms with van der Waals surface area (Å²) in [6.07, 6.45) is 6.87. The summed E-state index contributed by atoms with van der Waals surface area (Å²) in [4.78, 5) is 2.78. The highest BCUT2D eigenvalue weighted by Gasteiger charge is 2.36. The van der Waals surface area contributed by atoms with E-state index in [2.05, 4.69) is 25.7 Å². The second-order valence-electron chi connectivity index (χ2n) is 6.70. The van der Waals surface area contributed by atoms with Crippen molar-refractivity contribution in [1.29, 1.82) is 0 Å². The van der Waals surface area contributed by atoms with Gasteiger partial charge in [-0.2, -0.15) is 0 Å². The SMILES string of the molecule is CC1CCN(C2CC(C)CCC2CN)C(C)C1. The third-order valence-corrected chi connectivity index (χ3v) is 5.14. The van der Waals surface area contributed by atoms with Gasteiger partial charge in [0.2, 0.25) is 0 Å². The summed E-state index contributed by atoms with van der Waals surface area (Å²) in [5.74, 6) is 2.56. The maximum atomic E-state index is 5.99. The second kappa shape index (κ2) is 5.71. The number of hydrogen-bond acceptors (Lipinski definition) is 2. The van der Waals surface area contributed by atoms with Crippen LogP contribution in [0.1, 0.15) is 52.9 Å². The van der Waals surface area contributed by atoms with Crippen LogP contribution in [-0.4, -0.2) is 30.1 Å². The van der Waals surface area contributed by atoms with E-state index >= 15 is 0 Å². The lowest BCUT2D eigenvalue weighted by Crippen LogP contribution is -2.53. The van der Waals surface area contributed by atoms with E-state index in [1.165, 1.54) is 38.6 Å². The predicted octanol–water partition coefficient (Wildman–Crippen LogP) is 2.87. The fourth-order valence-corrected chi connectivity index (χ4v) is 4.01. The first-order chi connectivity index (χ1) is 8.11. The number of nitrogens with two attached hydrogens (primary N) is 1. The van der Waals surface area contributed by atoms with E-state index in [-0.39, 0.29) is 0 Å². The molecule has 1 aliphatic carbocycles. The van der Waals surface area contributed by atoms with Crippen molar-refractivity contribution in [2.24, 2.45) is 23.5 Å². The van der Waals surface area contributed by atoms with E-state index in [4.69, 9.17) is 5.73 Å². The van der Waals surface area contributed by atoms with Crippen molar-refractivity contribution in [1.82, 2.24) is 4.90 Å². The molecule has 1 saturated carbocycles. The molecule has 0 amide bonds. The third kappa shape index (κ3) is 3.03. The van der Waals surface area contributed by atoms with Gasteiger partial charge in [0, 0.05) is 12.1 Å². The summed E-state index contributed by atoms with van der Waals surface area (Å²) in [5, 5.41) is 0. The Balaban J connectivity index is 2.02. The Morgan fingerprint density at radius 1 is 1.00 bits per heavy atom. The van der Waals surface area contributed by atoms with Gasteiger partial charge in [-0.1, -0.05) is 20.3 Å². The Bertz CT molecular complexity index is 241. The molecular formula is C15H30N2. The van der Waals surface area contributed by atoms with Gasteiger partial charge < -0.3 is 5.73 Å². The van der Waals surface area contributed by atoms with Gasteiger partial charge in [-0.05, 0) is 63.5 Å². The van der Waals surface area contributed by atoms with Gasteiger partial charge >= 0.3 is 0 Å². The largest absolute Gasteiger partial charge is 0.330 e. The minimum Gasteiger partial charge on any atom is -0.330 e. The van der Waals surface area contributed by atoms with Crippen LogP contribution in [0.4, 0.5) is 0 Å². The average Bonchev–Trinajstić information content (AvgIpc) is 2.29. The molecule has 0 aromatic carbocycles. The maximum Gasteiger partial charge on any atom is 0.0141 e. The smallest absolute Gasteiger partial charge is 0.0141 e. The highest BCUT2D eigenvalue weighted by molar-refractivity contribution is 4.90. The van der Waals surface area contributed by atoms with Crippen LogP contribution in [0.2, 0.25) is 0 Å². The molecule has 0 aromatic rings. The number of rotatable bonds is 2. The molecule has 0 radical (unpaired) electrons. The van der Waals surface area contributed by atoms with Gasteiger partial charge in [0.05, 0.1) is 0 Å². The van der Waals surface area contributed by atoms with Crippen LogP contribution in [0.25, 0.3) is 0 Å². The molecule has 5 unspecified atom stereocenters. The highest BCUT2D eigenvalue weighted by atomic mass is 15.2. The molecule has 0 aromatic heterocycles. The van der Waals surface area contributed by atoms with Gasteiger partial charge in [-0.25, -0.2) is 0 Å². The molecule has 1 aliphatic heterocycles. The van der Waals surface area contributed by atoms with Crippen molar-refractivity contribution in [2.75, 3.05) is 13.1 Å². The summed E-state index contributed by atoms with van der Waals surface area (Å²) in [6.45, 7) is 9.42. The standard InChI is InChI=1S/C15H30N2/c1-11-4-5-14(10-16)15(9-11)17-7-6-12(2)8-13(17)3/h11-15H,4-10,16H2,1-3H3. The third-order valence-electron chi connectivity index (χ3n) is 5.14. The van der Waals surface area contributed by atoms with Gasteiger partial charge in [-0.15, -0.1) is 0 Å². The van der Waals surface area contributed by atoms with Crippen molar-refractivity contribution in [3.8, 4) is 0 Å². The fourth-order valence-electron chi connectivity index (χ4n) is 4.01. The van der Waals surface area contributed by atoms with Crippen LogP contribution >= 0.6 is 0 Å². The van der Waals surface area contributed by atoms with Crippen molar-refractivity contribution in [2.45, 2.75) is 65.0 Å². The van der Waals surface area contributed by atoms with Crippen LogP contribution in [0.15, 0.2) is 0 Å². The molecule has 2 N–H and O–H groups in total. The molecule has 17 heavy (non-hydrogen) atoms. The van der Waals surface area contributed by atoms with Crippen LogP contribution in [-0.2, 0) is 0 Å². The average molecular weight is 238 g/mol. The van der Waals surface area contributed by atoms with Crippen LogP contribution < -0.4 is 5.73 Å². The number of hydrogen-bond donors (Lipinski definition) is 1. The van der Waals surface area contributed by atoms with Gasteiger partial charge in [0.1, 0.15) is 0 Å². The molecule has 5 atom stereocenters. The number of likely N-dealkylation sites (tertiary alicyclic amines) is 1. The topological polar surface area (TPSA) is 29.3 Å². The fraction of sp³-hybridized carbons (Fsp3) is 1.00. The number of piperidine rings is 1. The summed E-state index contributed by atoms with van der Waals surface area (Å²) in [5.41, 5.74) is 5.99. The van der Waals surface area contributed by atoms with Gasteiger partial charge in [0.25, 0.3) is 0 Å². The van der Waals surface area contributed by atoms with E-state index in [1.807, 2.05) is 0 Å². The Kier molecular flexibility index (Phi) is 4.48. The normalized spacial score (nSPS) is 44.8. The monoisotopic (exact) mass is 238 g/mol. The predicted molar refractivity (Wildman–Crippen MR) is 73.9 cm³/mol. The maximum absolute atomic E-state index is 5.99. The molecule has 2 nitrogen and oxygen atoms in total. The van der Waals surface area contributed by atoms with E-state index in [1.54, 1.807) is 0 Å². The first-order valence-corrected chi connectivity index (χ1v) is 7.57. The molecule has 2 rings (SSSR count). The zero-order chi connectivity index (χ0) is 12.4. The van der Waals surface area contributed by atoms with Crippen molar-refractivity contribution >= 4 is 0 Å². The molecule has 2 fully saturated rings. The molecular weight excluding hydrogens is 208 g/mol. The van der Waals surface area contributed by atoms with Crippen LogP contribution in [0, 0.1) is 17.8 Å². The summed E-state index contributed by atoms with van der Waals surface area (Å²) < 4.78 is 0. The summed E-state index contributed by atoms with van der Waals surface area (Å²) >= 11 is 0. The zero-order valence-corrected chi connectivity index (χ0v) is 11.9. The molecule has 0 bridgehead atoms. The minimum absolute atomic E-state index is 0.752. The summed E-state index contributed by atoms with van der Waals surface area (Å²) in [7, 11) is 0. The lowest BCUT2D eigenvalue weighted by atomic mass is 9.76. The molecule has 1 saturated heterocycles. The molecule has 0 spiro atoms. The molecule has 2 heteroatoms. The van der Waals surface area contributed by atoms with E-state index in [0.29, 0.717) is 0 Å². The first kappa shape index (κ1) is 13.4. The molecule has 100 valence electrons. The summed E-state index contributed by atoms with van der Waals surface area (Å²) in [6, 6.07) is 1.54. The Labute approximate surface area is 107 Å². The minimum atomic E-state index is 0.752. The first-order valence-electron chi connectivity index (χ1n) is 7.57. The molecule has 1 heterocycles. The van der Waals surface area contributed by atoms with Crippen LogP contribution in [0.3, 0.4) is 0 Å². The number of nitrogens with zero attached hydrogens (tertiary/aromatic N) is 1. The zero-order valence-electron chi connectivity index (χ0n) is 11.9. The highest BCUT2D eigenvalue weighted by Crippen LogP contribution is 2.35. The Morgan fingerprint density at radius 3 is 2.35 bits per heavy atom. The Morgan fingerprint density at radius 2 is 1.71 bits per heavy atom. The van der Waals surface area contributed by atoms with Crippen molar-refractivity contribution in [3.05, 3.63) is 0 Å². The quantitative estimate of drug-likeness (QED) is 0.801. The van der Waals surface area contributed by atoms with Crippen molar-refractivity contribution < 1.29 is 0 Å². The van der Waals surface area contributed by atoms with Gasteiger partial charge in [0.15, 0.2) is 0 Å². The van der Waals surface area contributed by atoms with Crippen LogP contribution in [0.5, 0.6) is 0 Å². The second-order valence-corrected chi connectivity index (χ2v) is 6.70. The molecule has 2 aliphatic rings. The lowest BCUT2D eigenvalue weighted by Gasteiger charge is -2.47. The van der Waals surface area contributed by atoms with E-state index in [0.717, 1.165) is 36.4 Å². The van der Waals surface area contributed by atoms with Gasteiger partial charge in [-0.3, -0.25) is 4.90 Å². The van der Waals surface area contributed by atoms with Crippen molar-refractivity contribution in [3.63, 3.8) is 0 Å². The lowest BCUT2D eigenvalue weighted by molar-refractivity contribution is 0.0217. The van der Waals surface area contributed by atoms with E-state index < -0.39 is 0 Å². The Hall–Kier alpha value is -0.0800. The van der Waals surface area contributed by atoms with E-state index in [9.17, 15) is 0 Å².